The highest BCUT2D eigenvalue weighted by Gasteiger charge is 2.07. The first-order valence-electron chi connectivity index (χ1n) is 6.19. The summed E-state index contributed by atoms with van der Waals surface area (Å²) in [5.74, 6) is 0.153. The van der Waals surface area contributed by atoms with Crippen LogP contribution in [0.3, 0.4) is 0 Å². The molecule has 0 bridgehead atoms. The van der Waals surface area contributed by atoms with Crippen LogP contribution in [-0.4, -0.2) is 11.7 Å². The molecule has 0 aliphatic rings. The van der Waals surface area contributed by atoms with Gasteiger partial charge in [-0.3, -0.25) is 9.59 Å². The number of nitrogens with two attached hydrogens (primary N) is 1. The van der Waals surface area contributed by atoms with Crippen LogP contribution in [-0.2, 0) is 6.61 Å². The zero-order valence-electron chi connectivity index (χ0n) is 11.1. The molecule has 0 atom stereocenters. The molecule has 0 saturated carbocycles. The summed E-state index contributed by atoms with van der Waals surface area (Å²) in [6.07, 6.45) is 0. The Bertz CT molecular complexity index is 632. The molecule has 2 aromatic rings. The Morgan fingerprint density at radius 3 is 2.30 bits per heavy atom. The molecule has 0 radical (unpaired) electrons. The monoisotopic (exact) mass is 269 g/mol. The van der Waals surface area contributed by atoms with E-state index in [4.69, 9.17) is 10.5 Å². The van der Waals surface area contributed by atoms with Crippen molar-refractivity contribution in [2.75, 3.05) is 0 Å². The molecule has 0 aliphatic carbocycles. The van der Waals surface area contributed by atoms with Gasteiger partial charge in [-0.15, -0.1) is 0 Å². The lowest BCUT2D eigenvalue weighted by Gasteiger charge is -2.09. The summed E-state index contributed by atoms with van der Waals surface area (Å²) in [7, 11) is 0. The van der Waals surface area contributed by atoms with Gasteiger partial charge in [-0.1, -0.05) is 24.3 Å². The fourth-order valence-electron chi connectivity index (χ4n) is 1.87. The SMILES string of the molecule is CC(=O)c1ccccc1COc1ccc(C(N)=O)cc1. The predicted octanol–water partition coefficient (Wildman–Crippen LogP) is 2.57. The van der Waals surface area contributed by atoms with Crippen LogP contribution >= 0.6 is 0 Å². The van der Waals surface area contributed by atoms with Crippen molar-refractivity contribution in [2.45, 2.75) is 13.5 Å². The van der Waals surface area contributed by atoms with Crippen molar-refractivity contribution in [3.8, 4) is 5.75 Å². The maximum Gasteiger partial charge on any atom is 0.248 e. The van der Waals surface area contributed by atoms with E-state index < -0.39 is 5.91 Å². The van der Waals surface area contributed by atoms with Gasteiger partial charge in [0.05, 0.1) is 0 Å². The number of carbonyl (C=O) groups is 2. The maximum atomic E-state index is 11.5. The van der Waals surface area contributed by atoms with Gasteiger partial charge in [0.1, 0.15) is 12.4 Å². The van der Waals surface area contributed by atoms with Gasteiger partial charge in [-0.05, 0) is 31.2 Å². The largest absolute Gasteiger partial charge is 0.489 e. The Balaban J connectivity index is 2.09. The second-order valence-electron chi connectivity index (χ2n) is 4.39. The molecule has 0 unspecified atom stereocenters. The quantitative estimate of drug-likeness (QED) is 0.848. The van der Waals surface area contributed by atoms with E-state index in [1.807, 2.05) is 18.2 Å². The van der Waals surface area contributed by atoms with Crippen LogP contribution in [0, 0.1) is 0 Å². The van der Waals surface area contributed by atoms with E-state index >= 15 is 0 Å². The van der Waals surface area contributed by atoms with Crippen LogP contribution < -0.4 is 10.5 Å². The van der Waals surface area contributed by atoms with Crippen molar-refractivity contribution < 1.29 is 14.3 Å². The smallest absolute Gasteiger partial charge is 0.248 e. The number of amides is 1. The summed E-state index contributed by atoms with van der Waals surface area (Å²) in [6, 6.07) is 13.9. The minimum Gasteiger partial charge on any atom is -0.489 e. The molecule has 102 valence electrons. The first kappa shape index (κ1) is 13.8. The van der Waals surface area contributed by atoms with Gasteiger partial charge >= 0.3 is 0 Å². The molecule has 20 heavy (non-hydrogen) atoms. The average molecular weight is 269 g/mol. The second-order valence-corrected chi connectivity index (χ2v) is 4.39. The third-order valence-electron chi connectivity index (χ3n) is 2.93. The highest BCUT2D eigenvalue weighted by molar-refractivity contribution is 5.95. The topological polar surface area (TPSA) is 69.4 Å². The molecule has 4 nitrogen and oxygen atoms in total. The van der Waals surface area contributed by atoms with E-state index in [-0.39, 0.29) is 5.78 Å². The first-order valence-corrected chi connectivity index (χ1v) is 6.19. The lowest BCUT2D eigenvalue weighted by atomic mass is 10.1. The lowest BCUT2D eigenvalue weighted by Crippen LogP contribution is -2.10. The zero-order chi connectivity index (χ0) is 14.5. The number of ether oxygens (including phenoxy) is 1. The molecule has 0 heterocycles. The van der Waals surface area contributed by atoms with Crippen molar-refractivity contribution in [3.63, 3.8) is 0 Å². The van der Waals surface area contributed by atoms with Gasteiger partial charge in [0, 0.05) is 16.7 Å². The standard InChI is InChI=1S/C16H15NO3/c1-11(18)15-5-3-2-4-13(15)10-20-14-8-6-12(7-9-14)16(17)19/h2-9H,10H2,1H3,(H2,17,19). The molecular formula is C16H15NO3. The van der Waals surface area contributed by atoms with Crippen molar-refractivity contribution in [1.82, 2.24) is 0 Å². The molecule has 0 saturated heterocycles. The van der Waals surface area contributed by atoms with Gasteiger partial charge in [0.2, 0.25) is 5.91 Å². The highest BCUT2D eigenvalue weighted by Crippen LogP contribution is 2.16. The third-order valence-corrected chi connectivity index (χ3v) is 2.93. The Morgan fingerprint density at radius 2 is 1.70 bits per heavy atom. The van der Waals surface area contributed by atoms with E-state index in [1.165, 1.54) is 6.92 Å². The number of Topliss-reactive ketones (excluding diaryl/α,β-unsaturated/α-hetero) is 1. The fraction of sp³-hybridized carbons (Fsp3) is 0.125. The zero-order valence-corrected chi connectivity index (χ0v) is 11.1. The summed E-state index contributed by atoms with van der Waals surface area (Å²) in [6.45, 7) is 1.83. The van der Waals surface area contributed by atoms with Crippen molar-refractivity contribution in [1.29, 1.82) is 0 Å². The average Bonchev–Trinajstić information content (AvgIpc) is 2.45. The van der Waals surface area contributed by atoms with E-state index in [1.54, 1.807) is 30.3 Å². The van der Waals surface area contributed by atoms with Crippen LogP contribution in [0.1, 0.15) is 33.2 Å². The van der Waals surface area contributed by atoms with E-state index in [0.717, 1.165) is 5.56 Å². The molecular weight excluding hydrogens is 254 g/mol. The molecule has 0 aromatic heterocycles. The lowest BCUT2D eigenvalue weighted by molar-refractivity contribution is 0.0995. The summed E-state index contributed by atoms with van der Waals surface area (Å²) in [4.78, 5) is 22.4. The third kappa shape index (κ3) is 3.23. The summed E-state index contributed by atoms with van der Waals surface area (Å²) in [5.41, 5.74) is 7.08. The molecule has 0 fully saturated rings. The van der Waals surface area contributed by atoms with Crippen LogP contribution in [0.2, 0.25) is 0 Å². The molecule has 1 amide bonds. The molecule has 2 aromatic carbocycles. The van der Waals surface area contributed by atoms with E-state index in [2.05, 4.69) is 0 Å². The van der Waals surface area contributed by atoms with Crippen LogP contribution in [0.4, 0.5) is 0 Å². The number of benzene rings is 2. The van der Waals surface area contributed by atoms with Crippen LogP contribution in [0.5, 0.6) is 5.75 Å². The van der Waals surface area contributed by atoms with Crippen molar-refractivity contribution in [3.05, 3.63) is 65.2 Å². The predicted molar refractivity (Wildman–Crippen MR) is 75.7 cm³/mol. The minimum absolute atomic E-state index is 0.00766. The molecule has 0 aliphatic heterocycles. The summed E-state index contributed by atoms with van der Waals surface area (Å²) < 4.78 is 5.61. The Labute approximate surface area is 117 Å². The van der Waals surface area contributed by atoms with Crippen molar-refractivity contribution in [2.24, 2.45) is 5.73 Å². The molecule has 4 heteroatoms. The Hall–Kier alpha value is -2.62. The Kier molecular flexibility index (Phi) is 4.15. The minimum atomic E-state index is -0.474. The van der Waals surface area contributed by atoms with Crippen molar-refractivity contribution >= 4 is 11.7 Å². The molecule has 0 spiro atoms. The van der Waals surface area contributed by atoms with Gasteiger partial charge in [0.15, 0.2) is 5.78 Å². The van der Waals surface area contributed by atoms with E-state index in [9.17, 15) is 9.59 Å². The van der Waals surface area contributed by atoms with Gasteiger partial charge in [-0.25, -0.2) is 0 Å². The fourth-order valence-corrected chi connectivity index (χ4v) is 1.87. The first-order chi connectivity index (χ1) is 9.58. The number of hydrogen-bond acceptors (Lipinski definition) is 3. The number of primary amides is 1. The van der Waals surface area contributed by atoms with Gasteiger partial charge in [0.25, 0.3) is 0 Å². The number of rotatable bonds is 5. The summed E-state index contributed by atoms with van der Waals surface area (Å²) >= 11 is 0. The van der Waals surface area contributed by atoms with Gasteiger partial charge in [-0.2, -0.15) is 0 Å². The number of ketones is 1. The maximum absolute atomic E-state index is 11.5. The number of hydrogen-bond donors (Lipinski definition) is 1. The Morgan fingerprint density at radius 1 is 1.05 bits per heavy atom. The normalized spacial score (nSPS) is 10.1. The van der Waals surface area contributed by atoms with E-state index in [0.29, 0.717) is 23.5 Å². The second kappa shape index (κ2) is 6.02. The summed E-state index contributed by atoms with van der Waals surface area (Å²) in [5, 5.41) is 0. The van der Waals surface area contributed by atoms with Crippen LogP contribution in [0.15, 0.2) is 48.5 Å². The van der Waals surface area contributed by atoms with Crippen LogP contribution in [0.25, 0.3) is 0 Å². The highest BCUT2D eigenvalue weighted by atomic mass is 16.5. The molecule has 2 N–H and O–H groups in total. The molecule has 2 rings (SSSR count). The number of carbonyl (C=O) groups excluding carboxylic acids is 2. The van der Waals surface area contributed by atoms with Gasteiger partial charge < -0.3 is 10.5 Å².